The van der Waals surface area contributed by atoms with Crippen molar-refractivity contribution < 1.29 is 4.42 Å². The number of rotatable bonds is 5. The number of anilines is 4. The molecule has 0 aliphatic rings. The van der Waals surface area contributed by atoms with Crippen molar-refractivity contribution in [2.24, 2.45) is 0 Å². The number of nitrogens with zero attached hydrogens (tertiary/aromatic N) is 4. The van der Waals surface area contributed by atoms with E-state index in [0.29, 0.717) is 11.7 Å². The van der Waals surface area contributed by atoms with Gasteiger partial charge in [-0.15, -0.1) is 11.3 Å². The molecule has 0 spiro atoms. The van der Waals surface area contributed by atoms with E-state index in [-0.39, 0.29) is 0 Å². The maximum absolute atomic E-state index is 5.40. The monoisotopic (exact) mass is 425 g/mol. The van der Waals surface area contributed by atoms with Crippen molar-refractivity contribution in [3.05, 3.63) is 72.7 Å². The van der Waals surface area contributed by atoms with Gasteiger partial charge in [-0.3, -0.25) is 5.10 Å². The summed E-state index contributed by atoms with van der Waals surface area (Å²) in [5.41, 5.74) is 4.57. The molecule has 4 heterocycles. The molecule has 0 saturated heterocycles. The summed E-state index contributed by atoms with van der Waals surface area (Å²) >= 11 is 1.60. The van der Waals surface area contributed by atoms with Gasteiger partial charge < -0.3 is 15.1 Å². The first-order valence-electron chi connectivity index (χ1n) is 9.53. The van der Waals surface area contributed by atoms with Gasteiger partial charge in [0.05, 0.1) is 28.1 Å². The van der Waals surface area contributed by atoms with Crippen molar-refractivity contribution in [1.29, 1.82) is 0 Å². The molecular formula is C22H15N7OS. The summed E-state index contributed by atoms with van der Waals surface area (Å²) in [6, 6.07) is 15.9. The van der Waals surface area contributed by atoms with Gasteiger partial charge in [0.25, 0.3) is 0 Å². The minimum absolute atomic E-state index is 0.507. The van der Waals surface area contributed by atoms with Crippen LogP contribution in [-0.2, 0) is 0 Å². The highest BCUT2D eigenvalue weighted by Crippen LogP contribution is 2.31. The predicted molar refractivity (Wildman–Crippen MR) is 122 cm³/mol. The summed E-state index contributed by atoms with van der Waals surface area (Å²) in [6.07, 6.45) is 4.91. The number of hydrogen-bond donors (Lipinski definition) is 3. The molecular weight excluding hydrogens is 410 g/mol. The Hall–Kier alpha value is -4.24. The summed E-state index contributed by atoms with van der Waals surface area (Å²) in [6.45, 7) is 0. The van der Waals surface area contributed by atoms with Crippen LogP contribution in [0.4, 0.5) is 23.1 Å². The summed E-state index contributed by atoms with van der Waals surface area (Å²) < 4.78 is 6.39. The SMILES string of the molecule is c1cc(Nc2nc(Nc3ccc4[nH]ncc4c3)c3sccc3n2)cc(-c2cnco2)c1. The van der Waals surface area contributed by atoms with E-state index < -0.39 is 0 Å². The van der Waals surface area contributed by atoms with E-state index in [0.717, 1.165) is 43.9 Å². The third-order valence-corrected chi connectivity index (χ3v) is 5.75. The van der Waals surface area contributed by atoms with Gasteiger partial charge in [0, 0.05) is 22.3 Å². The topological polar surface area (TPSA) is 105 Å². The Morgan fingerprint density at radius 1 is 0.935 bits per heavy atom. The van der Waals surface area contributed by atoms with Crippen molar-refractivity contribution in [3.63, 3.8) is 0 Å². The lowest BCUT2D eigenvalue weighted by Gasteiger charge is -2.11. The second kappa shape index (κ2) is 7.22. The highest BCUT2D eigenvalue weighted by Gasteiger charge is 2.11. The minimum atomic E-state index is 0.507. The number of thiophene rings is 1. The van der Waals surface area contributed by atoms with Crippen molar-refractivity contribution in [2.75, 3.05) is 10.6 Å². The molecule has 0 bridgehead atoms. The molecule has 6 aromatic rings. The van der Waals surface area contributed by atoms with Crippen molar-refractivity contribution in [1.82, 2.24) is 25.1 Å². The second-order valence-corrected chi connectivity index (χ2v) is 7.82. The lowest BCUT2D eigenvalue weighted by atomic mass is 10.1. The molecule has 2 aromatic carbocycles. The highest BCUT2D eigenvalue weighted by atomic mass is 32.1. The van der Waals surface area contributed by atoms with Gasteiger partial charge in [-0.05, 0) is 41.8 Å². The third-order valence-electron chi connectivity index (χ3n) is 4.84. The minimum Gasteiger partial charge on any atom is -0.444 e. The number of H-pyrrole nitrogens is 1. The predicted octanol–water partition coefficient (Wildman–Crippen LogP) is 5.71. The number of fused-ring (bicyclic) bond motifs is 2. The van der Waals surface area contributed by atoms with E-state index in [4.69, 9.17) is 9.40 Å². The van der Waals surface area contributed by atoms with Gasteiger partial charge in [-0.2, -0.15) is 10.1 Å². The molecule has 0 saturated carbocycles. The number of nitrogens with one attached hydrogen (secondary N) is 3. The molecule has 150 valence electrons. The Morgan fingerprint density at radius 3 is 2.84 bits per heavy atom. The smallest absolute Gasteiger partial charge is 0.229 e. The maximum Gasteiger partial charge on any atom is 0.229 e. The summed E-state index contributed by atoms with van der Waals surface area (Å²) in [7, 11) is 0. The zero-order chi connectivity index (χ0) is 20.6. The van der Waals surface area contributed by atoms with Crippen molar-refractivity contribution in [2.45, 2.75) is 0 Å². The fraction of sp³-hybridized carbons (Fsp3) is 0. The molecule has 3 N–H and O–H groups in total. The Balaban J connectivity index is 1.35. The van der Waals surface area contributed by atoms with Gasteiger partial charge in [0.2, 0.25) is 5.95 Å². The van der Waals surface area contributed by atoms with Gasteiger partial charge in [0.1, 0.15) is 0 Å². The van der Waals surface area contributed by atoms with E-state index in [1.807, 2.05) is 53.9 Å². The average molecular weight is 425 g/mol. The van der Waals surface area contributed by atoms with Crippen LogP contribution in [0.5, 0.6) is 0 Å². The highest BCUT2D eigenvalue weighted by molar-refractivity contribution is 7.17. The molecule has 6 rings (SSSR count). The average Bonchev–Trinajstić information content (AvgIpc) is 3.55. The quantitative estimate of drug-likeness (QED) is 0.325. The first kappa shape index (κ1) is 17.6. The van der Waals surface area contributed by atoms with E-state index in [2.05, 4.69) is 30.8 Å². The van der Waals surface area contributed by atoms with Crippen LogP contribution in [-0.4, -0.2) is 25.1 Å². The lowest BCUT2D eigenvalue weighted by molar-refractivity contribution is 0.572. The van der Waals surface area contributed by atoms with Gasteiger partial charge >= 0.3 is 0 Å². The maximum atomic E-state index is 5.40. The largest absolute Gasteiger partial charge is 0.444 e. The zero-order valence-electron chi connectivity index (χ0n) is 16.0. The number of aromatic nitrogens is 5. The molecule has 9 heteroatoms. The molecule has 0 aliphatic heterocycles. The molecule has 0 atom stereocenters. The third kappa shape index (κ3) is 3.36. The van der Waals surface area contributed by atoms with E-state index in [1.54, 1.807) is 23.7 Å². The van der Waals surface area contributed by atoms with Gasteiger partial charge in [-0.1, -0.05) is 12.1 Å². The molecule has 8 nitrogen and oxygen atoms in total. The first-order chi connectivity index (χ1) is 15.3. The van der Waals surface area contributed by atoms with Crippen molar-refractivity contribution in [3.8, 4) is 11.3 Å². The lowest BCUT2D eigenvalue weighted by Crippen LogP contribution is -2.01. The number of hydrogen-bond acceptors (Lipinski definition) is 8. The van der Waals surface area contributed by atoms with Crippen LogP contribution < -0.4 is 10.6 Å². The van der Waals surface area contributed by atoms with Gasteiger partial charge in [0.15, 0.2) is 18.0 Å². The van der Waals surface area contributed by atoms with E-state index >= 15 is 0 Å². The molecule has 0 unspecified atom stereocenters. The van der Waals surface area contributed by atoms with Gasteiger partial charge in [-0.25, -0.2) is 9.97 Å². The van der Waals surface area contributed by atoms with Crippen LogP contribution in [0, 0.1) is 0 Å². The standard InChI is InChI=1S/C22H15N7OS/c1-2-13(19-11-23-12-30-19)8-15(3-1)26-22-27-18-6-7-31-20(18)21(28-22)25-16-4-5-17-14(9-16)10-24-29-17/h1-12H,(H,24,29)(H2,25,26,27,28). The molecule has 0 amide bonds. The van der Waals surface area contributed by atoms with Crippen LogP contribution in [0.1, 0.15) is 0 Å². The van der Waals surface area contributed by atoms with E-state index in [1.165, 1.54) is 6.39 Å². The molecule has 0 fully saturated rings. The Bertz CT molecular complexity index is 1500. The normalized spacial score (nSPS) is 11.2. The van der Waals surface area contributed by atoms with Crippen LogP contribution in [0.2, 0.25) is 0 Å². The van der Waals surface area contributed by atoms with Crippen LogP contribution >= 0.6 is 11.3 Å². The molecule has 0 aliphatic carbocycles. The fourth-order valence-electron chi connectivity index (χ4n) is 3.40. The van der Waals surface area contributed by atoms with Crippen LogP contribution in [0.15, 0.2) is 77.1 Å². The summed E-state index contributed by atoms with van der Waals surface area (Å²) in [5.74, 6) is 1.96. The number of aromatic amines is 1. The zero-order valence-corrected chi connectivity index (χ0v) is 16.9. The summed E-state index contributed by atoms with van der Waals surface area (Å²) in [4.78, 5) is 13.4. The van der Waals surface area contributed by atoms with E-state index in [9.17, 15) is 0 Å². The molecule has 31 heavy (non-hydrogen) atoms. The summed E-state index contributed by atoms with van der Waals surface area (Å²) in [5, 5.41) is 16.8. The first-order valence-corrected chi connectivity index (χ1v) is 10.4. The second-order valence-electron chi connectivity index (χ2n) is 6.90. The Kier molecular flexibility index (Phi) is 4.10. The number of benzene rings is 2. The van der Waals surface area contributed by atoms with Crippen LogP contribution in [0.3, 0.4) is 0 Å². The van der Waals surface area contributed by atoms with Crippen LogP contribution in [0.25, 0.3) is 32.4 Å². The fourth-order valence-corrected chi connectivity index (χ4v) is 4.17. The Labute approximate surface area is 180 Å². The molecule has 0 radical (unpaired) electrons. The Morgan fingerprint density at radius 2 is 1.90 bits per heavy atom. The molecule has 4 aromatic heterocycles. The van der Waals surface area contributed by atoms with Crippen molar-refractivity contribution >= 4 is 55.6 Å². The number of oxazole rings is 1.